The summed E-state index contributed by atoms with van der Waals surface area (Å²) in [4.78, 5) is 27.8. The molecule has 0 atom stereocenters. The zero-order chi connectivity index (χ0) is 21.0. The topological polar surface area (TPSA) is 142 Å². The molecule has 0 aromatic carbocycles. The van der Waals surface area contributed by atoms with Crippen LogP contribution in [0, 0.1) is 11.8 Å². The molecule has 1 aliphatic rings. The van der Waals surface area contributed by atoms with Crippen molar-refractivity contribution in [3.63, 3.8) is 0 Å². The molecule has 0 radical (unpaired) electrons. The van der Waals surface area contributed by atoms with Crippen LogP contribution >= 0.6 is 0 Å². The van der Waals surface area contributed by atoms with E-state index in [1.54, 1.807) is 16.9 Å². The Kier molecular flexibility index (Phi) is 6.14. The van der Waals surface area contributed by atoms with E-state index in [-0.39, 0.29) is 24.2 Å². The van der Waals surface area contributed by atoms with Crippen molar-refractivity contribution in [2.75, 3.05) is 12.3 Å². The van der Waals surface area contributed by atoms with Crippen LogP contribution in [-0.2, 0) is 15.1 Å². The maximum absolute atomic E-state index is 12.5. The lowest BCUT2D eigenvalue weighted by Gasteiger charge is -2.28. The van der Waals surface area contributed by atoms with Crippen LogP contribution in [0.1, 0.15) is 46.0 Å². The molecule has 9 nitrogen and oxygen atoms in total. The second kappa shape index (κ2) is 8.59. The number of hydrogen-bond donors (Lipinski definition) is 3. The third-order valence-electron chi connectivity index (χ3n) is 5.63. The van der Waals surface area contributed by atoms with E-state index in [0.717, 1.165) is 31.2 Å². The number of carbonyl (C=O) groups excluding carboxylic acids is 2. The monoisotopic (exact) mass is 399 g/mol. The van der Waals surface area contributed by atoms with E-state index in [1.807, 2.05) is 26.1 Å². The molecule has 0 spiro atoms. The molecule has 5 N–H and O–H groups in total. The first-order valence-electron chi connectivity index (χ1n) is 9.95. The first-order valence-corrected chi connectivity index (χ1v) is 9.95. The van der Waals surface area contributed by atoms with Gasteiger partial charge >= 0.3 is 0 Å². The van der Waals surface area contributed by atoms with Gasteiger partial charge in [-0.05, 0) is 57.6 Å². The van der Waals surface area contributed by atoms with Crippen molar-refractivity contribution in [3.05, 3.63) is 24.5 Å². The van der Waals surface area contributed by atoms with E-state index in [2.05, 4.69) is 20.6 Å². The molecule has 1 saturated carbocycles. The molecule has 2 heterocycles. The molecule has 1 aliphatic carbocycles. The summed E-state index contributed by atoms with van der Waals surface area (Å²) in [5.41, 5.74) is 12.0. The van der Waals surface area contributed by atoms with Gasteiger partial charge in [-0.15, -0.1) is 5.10 Å². The molecule has 2 aromatic rings. The number of carbonyl (C=O) groups is 2. The van der Waals surface area contributed by atoms with Gasteiger partial charge in [-0.25, -0.2) is 9.67 Å². The van der Waals surface area contributed by atoms with Gasteiger partial charge in [0.2, 0.25) is 11.8 Å². The fourth-order valence-electron chi connectivity index (χ4n) is 3.69. The average Bonchev–Trinajstić information content (AvgIpc) is 3.18. The highest BCUT2D eigenvalue weighted by Crippen LogP contribution is 2.28. The van der Waals surface area contributed by atoms with E-state index < -0.39 is 5.54 Å². The molecule has 2 aromatic heterocycles. The summed E-state index contributed by atoms with van der Waals surface area (Å²) in [6.07, 6.45) is 7.19. The maximum Gasteiger partial charge on any atom is 0.222 e. The van der Waals surface area contributed by atoms with Crippen molar-refractivity contribution < 1.29 is 9.59 Å². The maximum atomic E-state index is 12.5. The van der Waals surface area contributed by atoms with Crippen LogP contribution in [0.15, 0.2) is 24.5 Å². The summed E-state index contributed by atoms with van der Waals surface area (Å²) in [7, 11) is 0. The number of aromatic nitrogens is 4. The molecule has 9 heteroatoms. The number of anilines is 1. The molecule has 1 fully saturated rings. The minimum absolute atomic E-state index is 0.0151. The van der Waals surface area contributed by atoms with Crippen LogP contribution in [0.2, 0.25) is 0 Å². The standard InChI is InChI=1S/C20H29N7O2/c1-20(2,27-12-16(25-26-27)15-7-8-17(21)23-11-15)9-18(28)24-10-13-3-5-14(6-4-13)19(22)29/h7-8,11-14H,3-6,9-10H2,1-2H3,(H2,21,23)(H2,22,29)(H,24,28). The molecule has 2 amide bonds. The predicted molar refractivity (Wildman–Crippen MR) is 109 cm³/mol. The Morgan fingerprint density at radius 3 is 2.59 bits per heavy atom. The van der Waals surface area contributed by atoms with Gasteiger partial charge in [-0.2, -0.15) is 0 Å². The summed E-state index contributed by atoms with van der Waals surface area (Å²) in [5.74, 6) is 0.586. The van der Waals surface area contributed by atoms with Gasteiger partial charge in [0, 0.05) is 24.2 Å². The summed E-state index contributed by atoms with van der Waals surface area (Å²) in [6, 6.07) is 3.55. The minimum Gasteiger partial charge on any atom is -0.384 e. The Labute approximate surface area is 170 Å². The van der Waals surface area contributed by atoms with E-state index in [1.165, 1.54) is 0 Å². The quantitative estimate of drug-likeness (QED) is 0.643. The molecule has 3 rings (SSSR count). The molecule has 156 valence electrons. The first kappa shape index (κ1) is 20.8. The first-order chi connectivity index (χ1) is 13.7. The molecular formula is C20H29N7O2. The summed E-state index contributed by atoms with van der Waals surface area (Å²) < 4.78 is 1.70. The van der Waals surface area contributed by atoms with Crippen molar-refractivity contribution in [2.24, 2.45) is 17.6 Å². The molecular weight excluding hydrogens is 370 g/mol. The molecule has 0 bridgehead atoms. The van der Waals surface area contributed by atoms with Crippen molar-refractivity contribution in [1.82, 2.24) is 25.3 Å². The number of nitrogens with zero attached hydrogens (tertiary/aromatic N) is 4. The van der Waals surface area contributed by atoms with Gasteiger partial charge in [0.15, 0.2) is 0 Å². The van der Waals surface area contributed by atoms with Crippen LogP contribution in [0.5, 0.6) is 0 Å². The Morgan fingerprint density at radius 1 is 1.24 bits per heavy atom. The fraction of sp³-hybridized carbons (Fsp3) is 0.550. The van der Waals surface area contributed by atoms with Crippen LogP contribution < -0.4 is 16.8 Å². The van der Waals surface area contributed by atoms with E-state index >= 15 is 0 Å². The summed E-state index contributed by atoms with van der Waals surface area (Å²) in [5, 5.41) is 11.4. The molecule has 0 unspecified atom stereocenters. The van der Waals surface area contributed by atoms with Gasteiger partial charge < -0.3 is 16.8 Å². The Bertz CT molecular complexity index is 852. The van der Waals surface area contributed by atoms with Gasteiger partial charge in [0.25, 0.3) is 0 Å². The summed E-state index contributed by atoms with van der Waals surface area (Å²) >= 11 is 0. The number of rotatable bonds is 7. The smallest absolute Gasteiger partial charge is 0.222 e. The number of nitrogens with one attached hydrogen (secondary N) is 1. The lowest BCUT2D eigenvalue weighted by molar-refractivity contribution is -0.124. The van der Waals surface area contributed by atoms with Gasteiger partial charge in [0.1, 0.15) is 11.5 Å². The van der Waals surface area contributed by atoms with Gasteiger partial charge in [-0.3, -0.25) is 9.59 Å². The highest BCUT2D eigenvalue weighted by molar-refractivity contribution is 5.77. The summed E-state index contributed by atoms with van der Waals surface area (Å²) in [6.45, 7) is 4.52. The number of hydrogen-bond acceptors (Lipinski definition) is 6. The van der Waals surface area contributed by atoms with Crippen LogP contribution in [0.4, 0.5) is 5.82 Å². The number of nitrogens with two attached hydrogens (primary N) is 2. The van der Waals surface area contributed by atoms with Crippen LogP contribution in [0.25, 0.3) is 11.3 Å². The van der Waals surface area contributed by atoms with Crippen molar-refractivity contribution in [3.8, 4) is 11.3 Å². The second-order valence-corrected chi connectivity index (χ2v) is 8.43. The second-order valence-electron chi connectivity index (χ2n) is 8.43. The van der Waals surface area contributed by atoms with E-state index in [9.17, 15) is 9.59 Å². The van der Waals surface area contributed by atoms with Gasteiger partial charge in [0.05, 0.1) is 18.2 Å². The van der Waals surface area contributed by atoms with Gasteiger partial charge in [-0.1, -0.05) is 5.21 Å². The van der Waals surface area contributed by atoms with Crippen LogP contribution in [-0.4, -0.2) is 38.3 Å². The number of nitrogen functional groups attached to an aromatic ring is 1. The fourth-order valence-corrected chi connectivity index (χ4v) is 3.69. The molecule has 0 aliphatic heterocycles. The van der Waals surface area contributed by atoms with Crippen molar-refractivity contribution >= 4 is 17.6 Å². The Morgan fingerprint density at radius 2 is 1.97 bits per heavy atom. The number of amides is 2. The SMILES string of the molecule is CC(C)(CC(=O)NCC1CCC(C(N)=O)CC1)n1cc(-c2ccc(N)nc2)nn1. The van der Waals surface area contributed by atoms with Crippen molar-refractivity contribution in [2.45, 2.75) is 51.5 Å². The normalized spacial score (nSPS) is 19.7. The third-order valence-corrected chi connectivity index (χ3v) is 5.63. The predicted octanol–water partition coefficient (Wildman–Crippen LogP) is 1.46. The molecule has 0 saturated heterocycles. The van der Waals surface area contributed by atoms with Crippen molar-refractivity contribution in [1.29, 1.82) is 0 Å². The van der Waals surface area contributed by atoms with E-state index in [0.29, 0.717) is 24.0 Å². The number of pyridine rings is 1. The zero-order valence-electron chi connectivity index (χ0n) is 17.0. The third kappa shape index (κ3) is 5.30. The Hall–Kier alpha value is -2.97. The van der Waals surface area contributed by atoms with Crippen LogP contribution in [0.3, 0.4) is 0 Å². The lowest BCUT2D eigenvalue weighted by atomic mass is 9.81. The average molecular weight is 399 g/mol. The Balaban J connectivity index is 1.52. The number of primary amides is 1. The van der Waals surface area contributed by atoms with E-state index in [4.69, 9.17) is 11.5 Å². The lowest BCUT2D eigenvalue weighted by Crippen LogP contribution is -2.38. The zero-order valence-corrected chi connectivity index (χ0v) is 17.0. The minimum atomic E-state index is -0.528. The highest BCUT2D eigenvalue weighted by atomic mass is 16.2. The largest absolute Gasteiger partial charge is 0.384 e. The molecule has 29 heavy (non-hydrogen) atoms. The highest BCUT2D eigenvalue weighted by Gasteiger charge is 2.28.